The van der Waals surface area contributed by atoms with Crippen LogP contribution in [0.3, 0.4) is 0 Å². The van der Waals surface area contributed by atoms with E-state index in [1.165, 1.54) is 0 Å². The zero-order valence-electron chi connectivity index (χ0n) is 13.8. The van der Waals surface area contributed by atoms with Gasteiger partial charge in [0.1, 0.15) is 0 Å². The number of fused-ring (bicyclic) bond motifs is 1. The van der Waals surface area contributed by atoms with Crippen LogP contribution in [0, 0.1) is 0 Å². The predicted octanol–water partition coefficient (Wildman–Crippen LogP) is 1.99. The Kier molecular flexibility index (Phi) is 4.26. The summed E-state index contributed by atoms with van der Waals surface area (Å²) in [5.41, 5.74) is 1.34. The van der Waals surface area contributed by atoms with Crippen LogP contribution in [0.15, 0.2) is 18.5 Å². The molecule has 0 aliphatic carbocycles. The molecule has 8 heteroatoms. The number of halogens is 1. The number of imidazole rings is 1. The van der Waals surface area contributed by atoms with Crippen molar-refractivity contribution in [3.8, 4) is 0 Å². The zero-order valence-corrected chi connectivity index (χ0v) is 14.6. The van der Waals surface area contributed by atoms with Gasteiger partial charge in [0, 0.05) is 12.5 Å². The Morgan fingerprint density at radius 2 is 1.78 bits per heavy atom. The molecule has 2 aromatic rings. The van der Waals surface area contributed by atoms with Crippen LogP contribution in [-0.4, -0.2) is 38.9 Å². The summed E-state index contributed by atoms with van der Waals surface area (Å²) < 4.78 is 14.0. The maximum atomic E-state index is 11.4. The van der Waals surface area contributed by atoms with E-state index in [4.69, 9.17) is 9.31 Å². The molecule has 0 bridgehead atoms. The molecule has 1 aliphatic heterocycles. The van der Waals surface area contributed by atoms with Gasteiger partial charge in [-0.15, -0.1) is 12.4 Å². The second-order valence-electron chi connectivity index (χ2n) is 6.68. The van der Waals surface area contributed by atoms with Gasteiger partial charge in [-0.1, -0.05) is 0 Å². The second kappa shape index (κ2) is 5.51. The minimum Gasteiger partial charge on any atom is -0.478 e. The number of hydrogen-bond donors (Lipinski definition) is 1. The topological polar surface area (TPSA) is 73.6 Å². The van der Waals surface area contributed by atoms with Crippen LogP contribution < -0.4 is 5.46 Å². The first-order valence-corrected chi connectivity index (χ1v) is 7.16. The molecule has 0 unspecified atom stereocenters. The van der Waals surface area contributed by atoms with Crippen molar-refractivity contribution in [1.29, 1.82) is 0 Å². The van der Waals surface area contributed by atoms with Crippen molar-refractivity contribution in [1.82, 2.24) is 9.55 Å². The lowest BCUT2D eigenvalue weighted by molar-refractivity contribution is 0.00578. The summed E-state index contributed by atoms with van der Waals surface area (Å²) in [5.74, 6) is -0.995. The molecule has 2 heterocycles. The molecule has 1 aliphatic rings. The van der Waals surface area contributed by atoms with Crippen molar-refractivity contribution in [2.75, 3.05) is 0 Å². The van der Waals surface area contributed by atoms with Gasteiger partial charge in [-0.05, 0) is 39.8 Å². The van der Waals surface area contributed by atoms with Gasteiger partial charge in [0.25, 0.3) is 0 Å². The van der Waals surface area contributed by atoms with Gasteiger partial charge < -0.3 is 19.0 Å². The zero-order chi connectivity index (χ0) is 16.3. The summed E-state index contributed by atoms with van der Waals surface area (Å²) >= 11 is 0. The molecule has 1 aromatic carbocycles. The Balaban J connectivity index is 0.00000192. The van der Waals surface area contributed by atoms with E-state index in [1.54, 1.807) is 18.5 Å². The lowest BCUT2D eigenvalue weighted by atomic mass is 9.77. The molecule has 6 nitrogen and oxygen atoms in total. The van der Waals surface area contributed by atoms with E-state index in [9.17, 15) is 9.90 Å². The first kappa shape index (κ1) is 17.8. The number of nitrogens with zero attached hydrogens (tertiary/aromatic N) is 2. The fourth-order valence-electron chi connectivity index (χ4n) is 2.60. The van der Waals surface area contributed by atoms with Crippen molar-refractivity contribution in [2.45, 2.75) is 38.9 Å². The number of aryl methyl sites for hydroxylation is 1. The van der Waals surface area contributed by atoms with Crippen LogP contribution >= 0.6 is 12.4 Å². The van der Waals surface area contributed by atoms with Gasteiger partial charge in [-0.3, -0.25) is 0 Å². The standard InChI is InChI=1S/C15H19BN2O4.ClH/c1-14(2)15(3,4)22-16(21-14)10-6-9(13(19)20)7-11-12(10)18(5)8-17-11;/h6-8H,1-5H3,(H,19,20);1H. The summed E-state index contributed by atoms with van der Waals surface area (Å²) in [6.45, 7) is 7.87. The summed E-state index contributed by atoms with van der Waals surface area (Å²) in [7, 11) is 1.24. The first-order valence-electron chi connectivity index (χ1n) is 7.16. The number of rotatable bonds is 2. The third-order valence-corrected chi connectivity index (χ3v) is 4.60. The van der Waals surface area contributed by atoms with E-state index in [-0.39, 0.29) is 18.0 Å². The van der Waals surface area contributed by atoms with Crippen molar-refractivity contribution in [3.05, 3.63) is 24.0 Å². The second-order valence-corrected chi connectivity index (χ2v) is 6.68. The summed E-state index contributed by atoms with van der Waals surface area (Å²) in [6, 6.07) is 3.17. The van der Waals surface area contributed by atoms with E-state index >= 15 is 0 Å². The highest BCUT2D eigenvalue weighted by Gasteiger charge is 2.52. The molecule has 23 heavy (non-hydrogen) atoms. The highest BCUT2D eigenvalue weighted by Crippen LogP contribution is 2.37. The van der Waals surface area contributed by atoms with Crippen LogP contribution in [0.4, 0.5) is 0 Å². The van der Waals surface area contributed by atoms with E-state index < -0.39 is 24.3 Å². The van der Waals surface area contributed by atoms with Crippen LogP contribution in [0.25, 0.3) is 11.0 Å². The normalized spacial score (nSPS) is 18.9. The monoisotopic (exact) mass is 338 g/mol. The Hall–Kier alpha value is -1.57. The fourth-order valence-corrected chi connectivity index (χ4v) is 2.60. The van der Waals surface area contributed by atoms with E-state index in [2.05, 4.69) is 4.98 Å². The maximum absolute atomic E-state index is 11.4. The lowest BCUT2D eigenvalue weighted by Crippen LogP contribution is -2.41. The minimum atomic E-state index is -0.995. The van der Waals surface area contributed by atoms with Crippen LogP contribution in [-0.2, 0) is 16.4 Å². The van der Waals surface area contributed by atoms with E-state index in [0.717, 1.165) is 5.52 Å². The first-order chi connectivity index (χ1) is 10.1. The molecule has 0 amide bonds. The summed E-state index contributed by atoms with van der Waals surface area (Å²) in [6.07, 6.45) is 1.66. The molecular weight excluding hydrogens is 318 g/mol. The molecular formula is C15H20BClN2O4. The highest BCUT2D eigenvalue weighted by molar-refractivity contribution is 6.65. The summed E-state index contributed by atoms with van der Waals surface area (Å²) in [4.78, 5) is 15.6. The molecule has 124 valence electrons. The smallest absolute Gasteiger partial charge is 0.478 e. The predicted molar refractivity (Wildman–Crippen MR) is 90.6 cm³/mol. The third kappa shape index (κ3) is 2.73. The van der Waals surface area contributed by atoms with Gasteiger partial charge in [-0.25, -0.2) is 9.78 Å². The van der Waals surface area contributed by atoms with E-state index in [1.807, 2.05) is 39.3 Å². The number of carboxylic acid groups (broad SMARTS) is 1. The molecule has 0 atom stereocenters. The van der Waals surface area contributed by atoms with Crippen LogP contribution in [0.2, 0.25) is 0 Å². The Morgan fingerprint density at radius 1 is 1.22 bits per heavy atom. The molecule has 1 saturated heterocycles. The Labute approximate surface area is 141 Å². The molecule has 0 spiro atoms. The lowest BCUT2D eigenvalue weighted by Gasteiger charge is -2.32. The molecule has 1 fully saturated rings. The van der Waals surface area contributed by atoms with Crippen molar-refractivity contribution < 1.29 is 19.2 Å². The number of aromatic nitrogens is 2. The average molecular weight is 339 g/mol. The Bertz CT molecular complexity index is 756. The van der Waals surface area contributed by atoms with Gasteiger partial charge in [0.15, 0.2) is 0 Å². The van der Waals surface area contributed by atoms with Gasteiger partial charge in [0.05, 0.1) is 34.1 Å². The van der Waals surface area contributed by atoms with Gasteiger partial charge >= 0.3 is 13.1 Å². The number of carboxylic acids is 1. The maximum Gasteiger partial charge on any atom is 0.497 e. The van der Waals surface area contributed by atoms with Crippen molar-refractivity contribution in [2.24, 2.45) is 7.05 Å². The molecule has 3 rings (SSSR count). The fraction of sp³-hybridized carbons (Fsp3) is 0.467. The summed E-state index contributed by atoms with van der Waals surface area (Å²) in [5, 5.41) is 9.31. The van der Waals surface area contributed by atoms with E-state index in [0.29, 0.717) is 11.0 Å². The number of aromatic carboxylic acids is 1. The number of hydrogen-bond acceptors (Lipinski definition) is 4. The minimum absolute atomic E-state index is 0. The van der Waals surface area contributed by atoms with Crippen LogP contribution in [0.1, 0.15) is 38.1 Å². The largest absolute Gasteiger partial charge is 0.497 e. The molecule has 0 radical (unpaired) electrons. The molecule has 1 N–H and O–H groups in total. The third-order valence-electron chi connectivity index (χ3n) is 4.60. The Morgan fingerprint density at radius 3 is 2.30 bits per heavy atom. The molecule has 0 saturated carbocycles. The van der Waals surface area contributed by atoms with Crippen LogP contribution in [0.5, 0.6) is 0 Å². The van der Waals surface area contributed by atoms with Crippen molar-refractivity contribution in [3.63, 3.8) is 0 Å². The number of benzene rings is 1. The van der Waals surface area contributed by atoms with Gasteiger partial charge in [0.2, 0.25) is 0 Å². The SMILES string of the molecule is Cl.Cn1cnc2cc(C(=O)O)cc(B3OC(C)(C)C(C)(C)O3)c21. The van der Waals surface area contributed by atoms with Gasteiger partial charge in [-0.2, -0.15) is 0 Å². The highest BCUT2D eigenvalue weighted by atomic mass is 35.5. The van der Waals surface area contributed by atoms with Crippen molar-refractivity contribution >= 4 is 42.0 Å². The number of carbonyl (C=O) groups is 1. The average Bonchev–Trinajstić information content (AvgIpc) is 2.87. The molecule has 1 aromatic heterocycles. The quantitative estimate of drug-likeness (QED) is 0.848.